The number of anilines is 1. The summed E-state index contributed by atoms with van der Waals surface area (Å²) >= 11 is 1.36. The Bertz CT molecular complexity index is 842. The number of furan rings is 1. The number of rotatable bonds is 9. The molecule has 0 aliphatic rings. The Morgan fingerprint density at radius 2 is 1.96 bits per heavy atom. The molecule has 1 aromatic carbocycles. The van der Waals surface area contributed by atoms with E-state index in [9.17, 15) is 4.79 Å². The molecule has 0 atom stereocenters. The lowest BCUT2D eigenvalue weighted by Crippen LogP contribution is -2.06. The van der Waals surface area contributed by atoms with Crippen molar-refractivity contribution in [1.29, 1.82) is 0 Å². The fourth-order valence-corrected chi connectivity index (χ4v) is 2.98. The van der Waals surface area contributed by atoms with E-state index >= 15 is 0 Å². The molecule has 0 amide bonds. The van der Waals surface area contributed by atoms with Gasteiger partial charge in [0.15, 0.2) is 5.76 Å². The first-order chi connectivity index (χ1) is 12.8. The Hall–Kier alpha value is -2.94. The number of carbonyl (C=O) groups is 1. The zero-order valence-corrected chi connectivity index (χ0v) is 15.2. The van der Waals surface area contributed by atoms with Crippen LogP contribution in [0.3, 0.4) is 0 Å². The molecule has 0 aliphatic carbocycles. The predicted octanol–water partition coefficient (Wildman–Crippen LogP) is 3.19. The van der Waals surface area contributed by atoms with Crippen LogP contribution in [-0.4, -0.2) is 41.0 Å². The summed E-state index contributed by atoms with van der Waals surface area (Å²) in [6.07, 6.45) is 2.88. The molecule has 136 valence electrons. The van der Waals surface area contributed by atoms with Crippen LogP contribution in [0.5, 0.6) is 11.5 Å². The lowest BCUT2D eigenvalue weighted by atomic mass is 10.2. The summed E-state index contributed by atoms with van der Waals surface area (Å²) in [4.78, 5) is 10.5. The number of methoxy groups -OCH3 is 2. The van der Waals surface area contributed by atoms with Gasteiger partial charge in [0.2, 0.25) is 11.8 Å². The van der Waals surface area contributed by atoms with Gasteiger partial charge in [-0.15, -0.1) is 10.2 Å². The van der Waals surface area contributed by atoms with Gasteiger partial charge in [-0.2, -0.15) is 0 Å². The van der Waals surface area contributed by atoms with Crippen molar-refractivity contribution in [2.24, 2.45) is 0 Å². The topological polar surface area (TPSA) is 91.4 Å². The maximum Gasteiger partial charge on any atom is 0.239 e. The summed E-state index contributed by atoms with van der Waals surface area (Å²) in [5.74, 6) is 3.31. The monoisotopic (exact) mass is 374 g/mol. The van der Waals surface area contributed by atoms with Crippen LogP contribution < -0.4 is 14.2 Å². The van der Waals surface area contributed by atoms with Crippen LogP contribution in [-0.2, 0) is 4.79 Å². The molecule has 0 spiro atoms. The molecule has 2 heterocycles. The van der Waals surface area contributed by atoms with Gasteiger partial charge in [-0.1, -0.05) is 6.07 Å². The molecule has 0 saturated carbocycles. The second-order valence-corrected chi connectivity index (χ2v) is 5.98. The Morgan fingerprint density at radius 1 is 1.19 bits per heavy atom. The largest absolute Gasteiger partial charge is 0.494 e. The van der Waals surface area contributed by atoms with E-state index in [0.717, 1.165) is 6.29 Å². The highest BCUT2D eigenvalue weighted by Crippen LogP contribution is 2.37. The molecule has 2 aromatic heterocycles. The van der Waals surface area contributed by atoms with Gasteiger partial charge in [0.05, 0.1) is 20.5 Å². The highest BCUT2D eigenvalue weighted by molar-refractivity contribution is 8.00. The molecule has 0 bridgehead atoms. The van der Waals surface area contributed by atoms with E-state index in [1.165, 1.54) is 11.9 Å². The van der Waals surface area contributed by atoms with Crippen molar-refractivity contribution in [3.8, 4) is 28.8 Å². The van der Waals surface area contributed by atoms with Gasteiger partial charge in [-0.25, -0.2) is 0 Å². The average molecular weight is 374 g/mol. The highest BCUT2D eigenvalue weighted by Gasteiger charge is 2.23. The zero-order valence-electron chi connectivity index (χ0n) is 14.3. The van der Waals surface area contributed by atoms with Gasteiger partial charge in [0, 0.05) is 12.2 Å². The van der Waals surface area contributed by atoms with E-state index in [-0.39, 0.29) is 0 Å². The number of nitrogens with one attached hydrogen (secondary N) is 1. The quantitative estimate of drug-likeness (QED) is 0.347. The van der Waals surface area contributed by atoms with Gasteiger partial charge in [-0.05, 0) is 36.2 Å². The molecule has 26 heavy (non-hydrogen) atoms. The Morgan fingerprint density at radius 3 is 2.58 bits per heavy atom. The summed E-state index contributed by atoms with van der Waals surface area (Å²) in [5.41, 5.74) is 0.646. The second kappa shape index (κ2) is 8.43. The van der Waals surface area contributed by atoms with Gasteiger partial charge >= 0.3 is 0 Å². The van der Waals surface area contributed by atoms with E-state index in [1.54, 1.807) is 37.2 Å². The number of hydrogen-bond donors (Lipinski definition) is 1. The van der Waals surface area contributed by atoms with Crippen molar-refractivity contribution in [2.45, 2.75) is 6.42 Å². The van der Waals surface area contributed by atoms with Crippen molar-refractivity contribution in [1.82, 2.24) is 14.8 Å². The van der Waals surface area contributed by atoms with E-state index in [4.69, 9.17) is 13.9 Å². The van der Waals surface area contributed by atoms with E-state index in [1.807, 2.05) is 18.2 Å². The van der Waals surface area contributed by atoms with Crippen LogP contribution in [0.2, 0.25) is 0 Å². The van der Waals surface area contributed by atoms with Crippen molar-refractivity contribution in [3.63, 3.8) is 0 Å². The molecular formula is C17H18N4O4S. The Labute approximate surface area is 154 Å². The number of para-hydroxylation sites is 1. The van der Waals surface area contributed by atoms with E-state index < -0.39 is 0 Å². The molecule has 3 aromatic rings. The lowest BCUT2D eigenvalue weighted by Gasteiger charge is -2.16. The summed E-state index contributed by atoms with van der Waals surface area (Å²) in [6.45, 7) is 0. The van der Waals surface area contributed by atoms with Crippen LogP contribution >= 0.6 is 11.9 Å². The van der Waals surface area contributed by atoms with Gasteiger partial charge in [0.1, 0.15) is 23.5 Å². The van der Waals surface area contributed by atoms with Gasteiger partial charge in [0.25, 0.3) is 0 Å². The highest BCUT2D eigenvalue weighted by atomic mass is 32.2. The summed E-state index contributed by atoms with van der Waals surface area (Å²) in [5, 5.41) is 8.47. The third-order valence-electron chi connectivity index (χ3n) is 3.53. The van der Waals surface area contributed by atoms with E-state index in [2.05, 4.69) is 14.9 Å². The third-order valence-corrected chi connectivity index (χ3v) is 4.30. The van der Waals surface area contributed by atoms with E-state index in [0.29, 0.717) is 46.9 Å². The number of carbonyl (C=O) groups excluding carboxylic acids is 1. The maximum absolute atomic E-state index is 10.5. The number of nitrogens with zero attached hydrogens (tertiary/aromatic N) is 3. The second-order valence-electron chi connectivity index (χ2n) is 5.08. The predicted molar refractivity (Wildman–Crippen MR) is 98.9 cm³/mol. The summed E-state index contributed by atoms with van der Waals surface area (Å²) in [6, 6.07) is 9.07. The van der Waals surface area contributed by atoms with Crippen molar-refractivity contribution in [3.05, 3.63) is 36.6 Å². The first-order valence-corrected chi connectivity index (χ1v) is 8.80. The van der Waals surface area contributed by atoms with Crippen molar-refractivity contribution in [2.75, 3.05) is 24.7 Å². The Kier molecular flexibility index (Phi) is 5.80. The van der Waals surface area contributed by atoms with Crippen LogP contribution in [0.4, 0.5) is 5.95 Å². The number of hydrogen-bond acceptors (Lipinski definition) is 8. The molecule has 9 heteroatoms. The number of aldehydes is 1. The minimum Gasteiger partial charge on any atom is -0.494 e. The maximum atomic E-state index is 10.5. The molecule has 0 fully saturated rings. The fourth-order valence-electron chi connectivity index (χ4n) is 2.40. The fraction of sp³-hybridized carbons (Fsp3) is 0.235. The number of ether oxygens (including phenoxy) is 2. The average Bonchev–Trinajstić information content (AvgIpc) is 3.34. The van der Waals surface area contributed by atoms with Crippen molar-refractivity contribution >= 4 is 24.2 Å². The number of benzene rings is 1. The molecule has 1 N–H and O–H groups in total. The number of aromatic nitrogens is 3. The molecule has 8 nitrogen and oxygen atoms in total. The van der Waals surface area contributed by atoms with Crippen molar-refractivity contribution < 1.29 is 18.7 Å². The summed E-state index contributed by atoms with van der Waals surface area (Å²) in [7, 11) is 3.17. The SMILES string of the molecule is COc1cccc(OC)c1-n1c(NSCCC=O)nnc1-c1ccco1. The molecule has 0 radical (unpaired) electrons. The smallest absolute Gasteiger partial charge is 0.239 e. The standard InChI is InChI=1S/C17H18N4O4S/c1-23-12-6-3-7-13(24-2)15(12)21-16(14-8-4-10-25-14)18-19-17(21)20-26-11-5-9-22/h3-4,6-10H,5,11H2,1-2H3,(H,19,20). The van der Waals surface area contributed by atoms with Crippen LogP contribution in [0.15, 0.2) is 41.0 Å². The van der Waals surface area contributed by atoms with Crippen LogP contribution in [0.1, 0.15) is 6.42 Å². The van der Waals surface area contributed by atoms with Gasteiger partial charge < -0.3 is 18.7 Å². The third kappa shape index (κ3) is 3.52. The molecule has 0 saturated heterocycles. The first kappa shape index (κ1) is 17.9. The lowest BCUT2D eigenvalue weighted by molar-refractivity contribution is -0.107. The normalized spacial score (nSPS) is 10.5. The van der Waals surface area contributed by atoms with Gasteiger partial charge in [-0.3, -0.25) is 9.29 Å². The molecule has 0 aliphatic heterocycles. The minimum atomic E-state index is 0.439. The zero-order chi connectivity index (χ0) is 18.4. The molecule has 0 unspecified atom stereocenters. The molecular weight excluding hydrogens is 356 g/mol. The van der Waals surface area contributed by atoms with Crippen LogP contribution in [0.25, 0.3) is 17.3 Å². The van der Waals surface area contributed by atoms with Crippen LogP contribution in [0, 0.1) is 0 Å². The molecule has 3 rings (SSSR count). The summed E-state index contributed by atoms with van der Waals surface area (Å²) < 4.78 is 21.4. The Balaban J connectivity index is 2.12. The first-order valence-electron chi connectivity index (χ1n) is 7.82. The minimum absolute atomic E-state index is 0.439.